The molecule has 0 saturated heterocycles. The topological polar surface area (TPSA) is 78.9 Å². The Morgan fingerprint density at radius 3 is 0.851 bits per heavy atom. The van der Waals surface area contributed by atoms with Crippen LogP contribution in [0.1, 0.15) is 226 Å². The molecule has 0 aliphatic rings. The van der Waals surface area contributed by atoms with Crippen molar-refractivity contribution >= 4 is 17.9 Å². The van der Waals surface area contributed by atoms with Crippen molar-refractivity contribution in [3.8, 4) is 0 Å². The van der Waals surface area contributed by atoms with Crippen LogP contribution in [0.4, 0.5) is 0 Å². The summed E-state index contributed by atoms with van der Waals surface area (Å²) in [5.41, 5.74) is 0. The van der Waals surface area contributed by atoms with Crippen molar-refractivity contribution in [1.82, 2.24) is 0 Å². The lowest BCUT2D eigenvalue weighted by atomic mass is 10.0. The molecule has 6 heteroatoms. The Morgan fingerprint density at radius 1 is 0.340 bits per heavy atom. The van der Waals surface area contributed by atoms with Gasteiger partial charge in [-0.3, -0.25) is 14.4 Å². The van der Waals surface area contributed by atoms with Crippen molar-refractivity contribution in [1.29, 1.82) is 0 Å². The molecule has 0 rings (SSSR count). The van der Waals surface area contributed by atoms with Gasteiger partial charge < -0.3 is 14.2 Å². The van der Waals surface area contributed by atoms with Gasteiger partial charge in [0.05, 0.1) is 0 Å². The van der Waals surface area contributed by atoms with E-state index in [1.165, 1.54) is 122 Å². The molecule has 0 aliphatic heterocycles. The first-order valence-corrected chi connectivity index (χ1v) is 20.5. The summed E-state index contributed by atoms with van der Waals surface area (Å²) in [6.45, 7) is 6.50. The number of rotatable bonds is 37. The molecule has 0 bridgehead atoms. The maximum Gasteiger partial charge on any atom is 0.306 e. The first-order chi connectivity index (χ1) is 23.0. The molecule has 0 fully saturated rings. The molecule has 0 aromatic carbocycles. The Morgan fingerprint density at radius 2 is 0.574 bits per heavy atom. The highest BCUT2D eigenvalue weighted by Gasteiger charge is 2.19. The molecule has 0 aromatic rings. The lowest BCUT2D eigenvalue weighted by Crippen LogP contribution is -2.30. The van der Waals surface area contributed by atoms with E-state index < -0.39 is 6.10 Å². The van der Waals surface area contributed by atoms with Gasteiger partial charge in [0.1, 0.15) is 13.2 Å². The normalized spacial score (nSPS) is 11.8. The Hall–Kier alpha value is -1.59. The van der Waals surface area contributed by atoms with E-state index in [0.29, 0.717) is 19.3 Å². The number of carbonyl (C=O) groups is 3. The maximum absolute atomic E-state index is 12.5. The second-order valence-electron chi connectivity index (χ2n) is 13.9. The van der Waals surface area contributed by atoms with Gasteiger partial charge in [-0.2, -0.15) is 0 Å². The number of carbonyl (C=O) groups excluding carboxylic acids is 3. The van der Waals surface area contributed by atoms with Crippen LogP contribution in [0.15, 0.2) is 0 Å². The summed E-state index contributed by atoms with van der Waals surface area (Å²) in [4.78, 5) is 37.1. The summed E-state index contributed by atoms with van der Waals surface area (Å²) in [5.74, 6) is -0.884. The van der Waals surface area contributed by atoms with Crippen molar-refractivity contribution in [3.63, 3.8) is 0 Å². The maximum atomic E-state index is 12.5. The van der Waals surface area contributed by atoms with Gasteiger partial charge >= 0.3 is 17.9 Å². The third-order valence-corrected chi connectivity index (χ3v) is 9.11. The predicted octanol–water partition coefficient (Wildman–Crippen LogP) is 12.5. The number of ether oxygens (including phenoxy) is 3. The third-order valence-electron chi connectivity index (χ3n) is 9.11. The Bertz CT molecular complexity index is 693. The molecule has 0 saturated carbocycles. The fourth-order valence-electron chi connectivity index (χ4n) is 5.97. The summed E-state index contributed by atoms with van der Waals surface area (Å²) < 4.78 is 16.5. The van der Waals surface area contributed by atoms with Crippen molar-refractivity contribution < 1.29 is 28.6 Å². The van der Waals surface area contributed by atoms with E-state index in [0.717, 1.165) is 64.2 Å². The van der Waals surface area contributed by atoms with Crippen molar-refractivity contribution in [2.75, 3.05) is 13.2 Å². The highest BCUT2D eigenvalue weighted by molar-refractivity contribution is 5.71. The van der Waals surface area contributed by atoms with Gasteiger partial charge in [-0.25, -0.2) is 0 Å². The quantitative estimate of drug-likeness (QED) is 0.0373. The molecule has 0 spiro atoms. The largest absolute Gasteiger partial charge is 0.462 e. The van der Waals surface area contributed by atoms with E-state index in [-0.39, 0.29) is 31.1 Å². The molecule has 47 heavy (non-hydrogen) atoms. The zero-order valence-electron chi connectivity index (χ0n) is 31.6. The number of esters is 3. The second kappa shape index (κ2) is 37.2. The lowest BCUT2D eigenvalue weighted by Gasteiger charge is -2.18. The molecule has 0 N–H and O–H groups in total. The Balaban J connectivity index is 4.03. The summed E-state index contributed by atoms with van der Waals surface area (Å²) in [7, 11) is 0. The fraction of sp³-hybridized carbons (Fsp3) is 0.927. The molecule has 0 aliphatic carbocycles. The van der Waals surface area contributed by atoms with Gasteiger partial charge in [0.25, 0.3) is 0 Å². The monoisotopic (exact) mass is 667 g/mol. The standard InChI is InChI=1S/C41H78O6/c1-4-7-10-13-15-16-17-18-19-20-21-22-23-24-25-26-29-31-34-40(43)46-37-38(36-45-39(42)33-30-27-12-9-6-3)47-41(44)35-32-28-14-11-8-5-2/h38H,4-37H2,1-3H3. The molecule has 0 radical (unpaired) electrons. The van der Waals surface area contributed by atoms with Crippen LogP contribution in [-0.4, -0.2) is 37.2 Å². The fourth-order valence-corrected chi connectivity index (χ4v) is 5.97. The zero-order chi connectivity index (χ0) is 34.5. The van der Waals surface area contributed by atoms with Crippen LogP contribution in [0.3, 0.4) is 0 Å². The highest BCUT2D eigenvalue weighted by atomic mass is 16.6. The SMILES string of the molecule is CCCCCCCCCCCCCCCCCCCCC(=O)OCC(COC(=O)CCCCCCC)OC(=O)CCCCCCCC. The van der Waals surface area contributed by atoms with Crippen LogP contribution in [0, 0.1) is 0 Å². The minimum atomic E-state index is -0.754. The van der Waals surface area contributed by atoms with Crippen molar-refractivity contribution in [3.05, 3.63) is 0 Å². The number of hydrogen-bond acceptors (Lipinski definition) is 6. The van der Waals surface area contributed by atoms with Gasteiger partial charge in [0.15, 0.2) is 6.10 Å². The van der Waals surface area contributed by atoms with E-state index in [9.17, 15) is 14.4 Å². The van der Waals surface area contributed by atoms with Crippen LogP contribution in [0.2, 0.25) is 0 Å². The highest BCUT2D eigenvalue weighted by Crippen LogP contribution is 2.15. The van der Waals surface area contributed by atoms with E-state index in [4.69, 9.17) is 14.2 Å². The van der Waals surface area contributed by atoms with Crippen molar-refractivity contribution in [2.45, 2.75) is 232 Å². The van der Waals surface area contributed by atoms with Crippen LogP contribution < -0.4 is 0 Å². The predicted molar refractivity (Wildman–Crippen MR) is 197 cm³/mol. The minimum absolute atomic E-state index is 0.0656. The smallest absolute Gasteiger partial charge is 0.306 e. The summed E-state index contributed by atoms with van der Waals surface area (Å²) in [5, 5.41) is 0. The summed E-state index contributed by atoms with van der Waals surface area (Å²) in [6.07, 6.45) is 35.7. The third kappa shape index (κ3) is 35.5. The van der Waals surface area contributed by atoms with Crippen LogP contribution >= 0.6 is 0 Å². The second-order valence-corrected chi connectivity index (χ2v) is 13.9. The van der Waals surface area contributed by atoms with Crippen LogP contribution in [0.25, 0.3) is 0 Å². The Kier molecular flexibility index (Phi) is 36.0. The number of hydrogen-bond donors (Lipinski definition) is 0. The number of unbranched alkanes of at least 4 members (excludes halogenated alkanes) is 26. The average Bonchev–Trinajstić information content (AvgIpc) is 3.06. The molecular weight excluding hydrogens is 588 g/mol. The van der Waals surface area contributed by atoms with Crippen molar-refractivity contribution in [2.24, 2.45) is 0 Å². The van der Waals surface area contributed by atoms with Gasteiger partial charge in [-0.1, -0.05) is 188 Å². The Labute approximate surface area is 291 Å². The molecule has 1 unspecified atom stereocenters. The molecule has 278 valence electrons. The summed E-state index contributed by atoms with van der Waals surface area (Å²) >= 11 is 0. The molecular formula is C41H78O6. The van der Waals surface area contributed by atoms with E-state index in [1.54, 1.807) is 0 Å². The minimum Gasteiger partial charge on any atom is -0.462 e. The van der Waals surface area contributed by atoms with Gasteiger partial charge in [-0.05, 0) is 19.3 Å². The first-order valence-electron chi connectivity index (χ1n) is 20.5. The van der Waals surface area contributed by atoms with Gasteiger partial charge in [0, 0.05) is 19.3 Å². The van der Waals surface area contributed by atoms with Crippen LogP contribution in [-0.2, 0) is 28.6 Å². The molecule has 0 amide bonds. The lowest BCUT2D eigenvalue weighted by molar-refractivity contribution is -0.167. The van der Waals surface area contributed by atoms with Gasteiger partial charge in [0.2, 0.25) is 0 Å². The molecule has 0 heterocycles. The van der Waals surface area contributed by atoms with E-state index in [2.05, 4.69) is 20.8 Å². The zero-order valence-corrected chi connectivity index (χ0v) is 31.6. The first kappa shape index (κ1) is 45.4. The van der Waals surface area contributed by atoms with Crippen LogP contribution in [0.5, 0.6) is 0 Å². The van der Waals surface area contributed by atoms with E-state index >= 15 is 0 Å². The molecule has 0 aromatic heterocycles. The molecule has 1 atom stereocenters. The summed E-state index contributed by atoms with van der Waals surface area (Å²) in [6, 6.07) is 0. The van der Waals surface area contributed by atoms with E-state index in [1.807, 2.05) is 0 Å². The molecule has 6 nitrogen and oxygen atoms in total. The average molecular weight is 667 g/mol. The van der Waals surface area contributed by atoms with Gasteiger partial charge in [-0.15, -0.1) is 0 Å².